The van der Waals surface area contributed by atoms with Gasteiger partial charge in [0.05, 0.1) is 18.1 Å². The molecule has 3 aromatic carbocycles. The maximum atomic E-state index is 6.51. The highest BCUT2D eigenvalue weighted by atomic mass is 16.3. The van der Waals surface area contributed by atoms with E-state index in [2.05, 4.69) is 104 Å². The first-order valence-electron chi connectivity index (χ1n) is 11.2. The van der Waals surface area contributed by atoms with Crippen molar-refractivity contribution in [2.75, 3.05) is 18.6 Å². The van der Waals surface area contributed by atoms with Crippen LogP contribution in [0.25, 0.3) is 44.3 Å². The van der Waals surface area contributed by atoms with Crippen molar-refractivity contribution < 1.29 is 4.42 Å². The van der Waals surface area contributed by atoms with E-state index in [9.17, 15) is 0 Å². The molecule has 0 fully saturated rings. The van der Waals surface area contributed by atoms with Gasteiger partial charge in [-0.2, -0.15) is 0 Å². The summed E-state index contributed by atoms with van der Waals surface area (Å²) in [5.74, 6) is 0. The van der Waals surface area contributed by atoms with E-state index in [0.29, 0.717) is 0 Å². The average Bonchev–Trinajstić information content (AvgIpc) is 3.43. The van der Waals surface area contributed by atoms with Crippen molar-refractivity contribution in [3.8, 4) is 22.4 Å². The number of nitrogens with zero attached hydrogens (tertiary/aromatic N) is 3. The molecule has 4 heteroatoms. The number of hydrogen-bond donors (Lipinski definition) is 0. The van der Waals surface area contributed by atoms with Crippen LogP contribution in [0.15, 0.2) is 89.7 Å². The van der Waals surface area contributed by atoms with Crippen LogP contribution in [0.4, 0.5) is 5.69 Å². The lowest BCUT2D eigenvalue weighted by Gasteiger charge is -2.19. The van der Waals surface area contributed by atoms with Crippen molar-refractivity contribution in [2.45, 2.75) is 13.8 Å². The monoisotopic (exact) mass is 431 g/mol. The predicted octanol–water partition coefficient (Wildman–Crippen LogP) is 7.11. The molecule has 0 amide bonds. The topological polar surface area (TPSA) is 32.5 Å². The largest absolute Gasteiger partial charge is 0.454 e. The molecule has 0 N–H and O–H groups in total. The number of furan rings is 1. The zero-order valence-corrected chi connectivity index (χ0v) is 19.0. The summed E-state index contributed by atoms with van der Waals surface area (Å²) >= 11 is 0. The summed E-state index contributed by atoms with van der Waals surface area (Å²) in [5.41, 5.74) is 9.72. The van der Waals surface area contributed by atoms with Gasteiger partial charge in [-0.05, 0) is 66.4 Å². The number of anilines is 1. The third kappa shape index (κ3) is 3.35. The zero-order chi connectivity index (χ0) is 22.5. The van der Waals surface area contributed by atoms with Crippen LogP contribution in [0, 0.1) is 13.8 Å². The second-order valence-corrected chi connectivity index (χ2v) is 8.87. The third-order valence-corrected chi connectivity index (χ3v) is 6.51. The van der Waals surface area contributed by atoms with Crippen LogP contribution in [0.5, 0.6) is 0 Å². The van der Waals surface area contributed by atoms with Gasteiger partial charge >= 0.3 is 0 Å². The lowest BCUT2D eigenvalue weighted by atomic mass is 10.0. The van der Waals surface area contributed by atoms with E-state index in [1.54, 1.807) is 0 Å². The van der Waals surface area contributed by atoms with Gasteiger partial charge < -0.3 is 14.2 Å². The van der Waals surface area contributed by atoms with Crippen molar-refractivity contribution in [1.82, 2.24) is 9.88 Å². The summed E-state index contributed by atoms with van der Waals surface area (Å²) in [6.45, 7) is 5.02. The highest BCUT2D eigenvalue weighted by Gasteiger charge is 2.20. The van der Waals surface area contributed by atoms with Crippen LogP contribution in [-0.2, 0) is 0 Å². The van der Waals surface area contributed by atoms with Gasteiger partial charge in [-0.25, -0.2) is 0 Å². The first-order valence-corrected chi connectivity index (χ1v) is 11.2. The van der Waals surface area contributed by atoms with E-state index in [-0.39, 0.29) is 0 Å². The molecule has 0 saturated carbocycles. The first kappa shape index (κ1) is 19.6. The van der Waals surface area contributed by atoms with Gasteiger partial charge in [0.25, 0.3) is 0 Å². The molecule has 0 spiro atoms. The summed E-state index contributed by atoms with van der Waals surface area (Å²) in [5, 5.41) is 2.23. The van der Waals surface area contributed by atoms with Crippen molar-refractivity contribution in [3.05, 3.63) is 96.5 Å². The van der Waals surface area contributed by atoms with Crippen molar-refractivity contribution in [3.63, 3.8) is 0 Å². The van der Waals surface area contributed by atoms with Crippen LogP contribution in [-0.4, -0.2) is 23.6 Å². The lowest BCUT2D eigenvalue weighted by Crippen LogP contribution is -2.21. The number of fused-ring (bicyclic) bond motifs is 3. The molecule has 0 saturated heterocycles. The van der Waals surface area contributed by atoms with Crippen LogP contribution in [0.3, 0.4) is 0 Å². The van der Waals surface area contributed by atoms with Gasteiger partial charge in [0.15, 0.2) is 5.58 Å². The summed E-state index contributed by atoms with van der Waals surface area (Å²) in [7, 11) is 2.08. The summed E-state index contributed by atoms with van der Waals surface area (Å²) in [6.07, 6.45) is 6.15. The molecule has 3 heterocycles. The fraction of sp³-hybridized carbons (Fsp3) is 0.138. The van der Waals surface area contributed by atoms with Crippen LogP contribution >= 0.6 is 0 Å². The number of hydrogen-bond acceptors (Lipinski definition) is 4. The fourth-order valence-corrected chi connectivity index (χ4v) is 4.50. The van der Waals surface area contributed by atoms with E-state index in [1.807, 2.05) is 12.3 Å². The molecule has 0 aliphatic carbocycles. The maximum Gasteiger partial charge on any atom is 0.159 e. The Labute approximate surface area is 193 Å². The molecule has 2 aromatic heterocycles. The molecule has 0 bridgehead atoms. The van der Waals surface area contributed by atoms with Crippen molar-refractivity contribution in [1.29, 1.82) is 0 Å². The summed E-state index contributed by atoms with van der Waals surface area (Å²) in [6, 6.07) is 23.5. The van der Waals surface area contributed by atoms with Gasteiger partial charge in [0.1, 0.15) is 5.58 Å². The molecule has 1 aliphatic rings. The average molecular weight is 432 g/mol. The van der Waals surface area contributed by atoms with E-state index in [1.165, 1.54) is 16.7 Å². The van der Waals surface area contributed by atoms with Gasteiger partial charge in [0, 0.05) is 42.0 Å². The quantitative estimate of drug-likeness (QED) is 0.305. The Morgan fingerprint density at radius 2 is 1.64 bits per heavy atom. The lowest BCUT2D eigenvalue weighted by molar-refractivity contribution is 0.495. The SMILES string of the molecule is Cc1cnc(-c2cc(N3C=CN(C)C3)c3oc4cc(-c5ccccc5)ccc4c3c2)cc1C. The van der Waals surface area contributed by atoms with E-state index < -0.39 is 0 Å². The van der Waals surface area contributed by atoms with Crippen LogP contribution in [0.2, 0.25) is 0 Å². The molecule has 33 heavy (non-hydrogen) atoms. The standard InChI is InChI=1S/C29H25N3O/c1-19-13-26(30-17-20(19)2)23-14-25-24-10-9-22(21-7-5-4-6-8-21)16-28(24)33-29(25)27(15-23)32-12-11-31(3)18-32/h4-17H,18H2,1-3H3. The van der Waals surface area contributed by atoms with Gasteiger partial charge in [-0.15, -0.1) is 0 Å². The minimum Gasteiger partial charge on any atom is -0.454 e. The summed E-state index contributed by atoms with van der Waals surface area (Å²) < 4.78 is 6.51. The number of pyridine rings is 1. The van der Waals surface area contributed by atoms with Crippen LogP contribution in [0.1, 0.15) is 11.1 Å². The van der Waals surface area contributed by atoms with E-state index in [4.69, 9.17) is 9.40 Å². The molecule has 0 atom stereocenters. The molecule has 5 aromatic rings. The predicted molar refractivity (Wildman–Crippen MR) is 136 cm³/mol. The Morgan fingerprint density at radius 3 is 2.39 bits per heavy atom. The Hall–Kier alpha value is -4.05. The van der Waals surface area contributed by atoms with Gasteiger partial charge in [0.2, 0.25) is 0 Å². The van der Waals surface area contributed by atoms with Gasteiger partial charge in [-0.3, -0.25) is 4.98 Å². The number of aryl methyl sites for hydroxylation is 2. The Morgan fingerprint density at radius 1 is 0.788 bits per heavy atom. The second kappa shape index (κ2) is 7.52. The Bertz CT molecular complexity index is 1530. The van der Waals surface area contributed by atoms with Crippen molar-refractivity contribution >= 4 is 27.6 Å². The first-order chi connectivity index (χ1) is 16.1. The molecule has 1 aliphatic heterocycles. The fourth-order valence-electron chi connectivity index (χ4n) is 4.50. The highest BCUT2D eigenvalue weighted by molar-refractivity contribution is 6.11. The maximum absolute atomic E-state index is 6.51. The minimum atomic E-state index is 0.783. The summed E-state index contributed by atoms with van der Waals surface area (Å²) in [4.78, 5) is 9.12. The molecule has 4 nitrogen and oxygen atoms in total. The third-order valence-electron chi connectivity index (χ3n) is 6.51. The minimum absolute atomic E-state index is 0.783. The highest BCUT2D eigenvalue weighted by Crippen LogP contribution is 2.40. The van der Waals surface area contributed by atoms with Crippen molar-refractivity contribution in [2.24, 2.45) is 0 Å². The van der Waals surface area contributed by atoms with E-state index >= 15 is 0 Å². The Kier molecular flexibility index (Phi) is 4.47. The van der Waals surface area contributed by atoms with Crippen LogP contribution < -0.4 is 4.90 Å². The second-order valence-electron chi connectivity index (χ2n) is 8.87. The number of rotatable bonds is 3. The molecule has 0 unspecified atom stereocenters. The Balaban J connectivity index is 1.59. The van der Waals surface area contributed by atoms with Gasteiger partial charge in [-0.1, -0.05) is 36.4 Å². The van der Waals surface area contributed by atoms with E-state index in [0.717, 1.165) is 51.1 Å². The number of benzene rings is 3. The zero-order valence-electron chi connectivity index (χ0n) is 19.0. The smallest absolute Gasteiger partial charge is 0.159 e. The molecule has 6 rings (SSSR count). The number of aromatic nitrogens is 1. The molecular formula is C29H25N3O. The molecular weight excluding hydrogens is 406 g/mol. The molecule has 162 valence electrons. The molecule has 0 radical (unpaired) electrons. The normalized spacial score (nSPS) is 13.5.